The van der Waals surface area contributed by atoms with Gasteiger partial charge in [0.05, 0.1) is 10.6 Å². The Balaban J connectivity index is 1.93. The average Bonchev–Trinajstić information content (AvgIpc) is 2.53. The van der Waals surface area contributed by atoms with Crippen LogP contribution in [-0.2, 0) is 0 Å². The van der Waals surface area contributed by atoms with Gasteiger partial charge in [-0.25, -0.2) is 0 Å². The number of anilines is 1. The molecule has 1 aliphatic heterocycles. The number of benzene rings is 2. The van der Waals surface area contributed by atoms with Crippen molar-refractivity contribution in [2.75, 3.05) is 17.2 Å². The third kappa shape index (κ3) is 2.80. The van der Waals surface area contributed by atoms with E-state index in [9.17, 15) is 14.9 Å². The lowest BCUT2D eigenvalue weighted by Gasteiger charge is -2.29. The molecule has 0 bridgehead atoms. The van der Waals surface area contributed by atoms with Crippen molar-refractivity contribution in [1.29, 1.82) is 0 Å². The van der Waals surface area contributed by atoms with Gasteiger partial charge in [-0.1, -0.05) is 11.6 Å². The van der Waals surface area contributed by atoms with Crippen molar-refractivity contribution in [3.8, 4) is 0 Å². The van der Waals surface area contributed by atoms with Gasteiger partial charge in [-0.3, -0.25) is 14.9 Å². The van der Waals surface area contributed by atoms with E-state index in [0.717, 1.165) is 16.3 Å². The summed E-state index contributed by atoms with van der Waals surface area (Å²) in [6, 6.07) is 11.1. The second-order valence-electron chi connectivity index (χ2n) is 4.72. The fraction of sp³-hybridized carbons (Fsp3) is 0.133. The highest BCUT2D eigenvalue weighted by molar-refractivity contribution is 7.99. The van der Waals surface area contributed by atoms with E-state index in [2.05, 4.69) is 0 Å². The molecule has 5 nitrogen and oxygen atoms in total. The van der Waals surface area contributed by atoms with E-state index in [4.69, 9.17) is 11.6 Å². The van der Waals surface area contributed by atoms with Gasteiger partial charge in [-0.2, -0.15) is 0 Å². The van der Waals surface area contributed by atoms with Crippen LogP contribution in [0.2, 0.25) is 5.02 Å². The normalized spacial score (nSPS) is 13.6. The predicted octanol–water partition coefficient (Wildman–Crippen LogP) is 4.00. The van der Waals surface area contributed by atoms with Crippen LogP contribution in [0.15, 0.2) is 47.4 Å². The number of carbonyl (C=O) groups is 1. The van der Waals surface area contributed by atoms with Gasteiger partial charge < -0.3 is 4.90 Å². The zero-order valence-electron chi connectivity index (χ0n) is 11.4. The van der Waals surface area contributed by atoms with Crippen LogP contribution in [0, 0.1) is 10.1 Å². The Kier molecular flexibility index (Phi) is 4.04. The Hall–Kier alpha value is -2.05. The maximum atomic E-state index is 12.7. The highest BCUT2D eigenvalue weighted by Crippen LogP contribution is 2.37. The first kappa shape index (κ1) is 14.9. The monoisotopic (exact) mass is 334 g/mol. The number of non-ortho nitro benzene ring substituents is 1. The summed E-state index contributed by atoms with van der Waals surface area (Å²) in [6.45, 7) is 0.577. The quantitative estimate of drug-likeness (QED) is 0.615. The van der Waals surface area contributed by atoms with Crippen LogP contribution >= 0.6 is 23.4 Å². The third-order valence-corrected chi connectivity index (χ3v) is 4.63. The van der Waals surface area contributed by atoms with E-state index in [1.54, 1.807) is 28.8 Å². The fourth-order valence-corrected chi connectivity index (χ4v) is 3.42. The Bertz CT molecular complexity index is 749. The molecule has 0 radical (unpaired) electrons. The summed E-state index contributed by atoms with van der Waals surface area (Å²) in [4.78, 5) is 25.5. The van der Waals surface area contributed by atoms with Crippen LogP contribution < -0.4 is 4.90 Å². The van der Waals surface area contributed by atoms with Crippen LogP contribution in [0.5, 0.6) is 0 Å². The molecule has 112 valence electrons. The topological polar surface area (TPSA) is 63.4 Å². The lowest BCUT2D eigenvalue weighted by Crippen LogP contribution is -2.35. The first-order chi connectivity index (χ1) is 10.6. The van der Waals surface area contributed by atoms with Gasteiger partial charge >= 0.3 is 0 Å². The van der Waals surface area contributed by atoms with Crippen LogP contribution in [0.25, 0.3) is 0 Å². The van der Waals surface area contributed by atoms with Crippen LogP contribution in [0.3, 0.4) is 0 Å². The van der Waals surface area contributed by atoms with Gasteiger partial charge in [0, 0.05) is 39.9 Å². The van der Waals surface area contributed by atoms with Gasteiger partial charge in [-0.15, -0.1) is 11.8 Å². The summed E-state index contributed by atoms with van der Waals surface area (Å²) in [7, 11) is 0. The standard InChI is InChI=1S/C15H11ClN2O3S/c16-11-3-6-14-13(9-11)17(7-8-22-14)15(19)10-1-4-12(5-2-10)18(20)21/h1-6,9H,7-8H2. The van der Waals surface area contributed by atoms with Gasteiger partial charge in [-0.05, 0) is 30.3 Å². The SMILES string of the molecule is O=C(c1ccc([N+](=O)[O-])cc1)N1CCSc2ccc(Cl)cc21. The lowest BCUT2D eigenvalue weighted by atomic mass is 10.1. The van der Waals surface area contributed by atoms with Crippen molar-refractivity contribution in [1.82, 2.24) is 0 Å². The second-order valence-corrected chi connectivity index (χ2v) is 6.29. The molecule has 0 aromatic heterocycles. The van der Waals surface area contributed by atoms with Crippen molar-refractivity contribution in [3.63, 3.8) is 0 Å². The highest BCUT2D eigenvalue weighted by atomic mass is 35.5. The van der Waals surface area contributed by atoms with Gasteiger partial charge in [0.25, 0.3) is 11.6 Å². The Morgan fingerprint density at radius 2 is 1.95 bits per heavy atom. The summed E-state index contributed by atoms with van der Waals surface area (Å²) < 4.78 is 0. The second kappa shape index (κ2) is 5.98. The molecular formula is C15H11ClN2O3S. The fourth-order valence-electron chi connectivity index (χ4n) is 2.28. The van der Waals surface area contributed by atoms with Gasteiger partial charge in [0.1, 0.15) is 0 Å². The molecule has 0 atom stereocenters. The number of amides is 1. The maximum Gasteiger partial charge on any atom is 0.269 e. The zero-order valence-corrected chi connectivity index (χ0v) is 12.9. The molecule has 0 saturated carbocycles. The zero-order chi connectivity index (χ0) is 15.7. The van der Waals surface area contributed by atoms with Crippen molar-refractivity contribution in [2.24, 2.45) is 0 Å². The van der Waals surface area contributed by atoms with Gasteiger partial charge in [0.15, 0.2) is 0 Å². The predicted molar refractivity (Wildman–Crippen MR) is 86.9 cm³/mol. The summed E-state index contributed by atoms with van der Waals surface area (Å²) in [6.07, 6.45) is 0. The van der Waals surface area contributed by atoms with Crippen molar-refractivity contribution in [3.05, 3.63) is 63.2 Å². The van der Waals surface area contributed by atoms with Crippen molar-refractivity contribution in [2.45, 2.75) is 4.90 Å². The van der Waals surface area contributed by atoms with Crippen LogP contribution in [-0.4, -0.2) is 23.1 Å². The molecule has 2 aromatic rings. The summed E-state index contributed by atoms with van der Waals surface area (Å²) in [5.41, 5.74) is 1.17. The molecular weight excluding hydrogens is 324 g/mol. The first-order valence-electron chi connectivity index (χ1n) is 6.55. The summed E-state index contributed by atoms with van der Waals surface area (Å²) in [5.74, 6) is 0.617. The molecule has 22 heavy (non-hydrogen) atoms. The number of nitro groups is 1. The molecule has 0 saturated heterocycles. The van der Waals surface area contributed by atoms with Crippen molar-refractivity contribution >= 4 is 40.6 Å². The van der Waals surface area contributed by atoms with Gasteiger partial charge in [0.2, 0.25) is 0 Å². The minimum Gasteiger partial charge on any atom is -0.306 e. The summed E-state index contributed by atoms with van der Waals surface area (Å²) >= 11 is 7.70. The number of halogens is 1. The smallest absolute Gasteiger partial charge is 0.269 e. The number of rotatable bonds is 2. The van der Waals surface area contributed by atoms with E-state index in [-0.39, 0.29) is 11.6 Å². The largest absolute Gasteiger partial charge is 0.306 e. The molecule has 1 heterocycles. The van der Waals surface area contributed by atoms with E-state index in [0.29, 0.717) is 17.1 Å². The molecule has 1 amide bonds. The number of nitrogens with zero attached hydrogens (tertiary/aromatic N) is 2. The van der Waals surface area contributed by atoms with Crippen molar-refractivity contribution < 1.29 is 9.72 Å². The number of fused-ring (bicyclic) bond motifs is 1. The summed E-state index contributed by atoms with van der Waals surface area (Å²) in [5, 5.41) is 11.2. The number of hydrogen-bond acceptors (Lipinski definition) is 4. The average molecular weight is 335 g/mol. The van der Waals surface area contributed by atoms with E-state index in [1.807, 2.05) is 6.07 Å². The minimum atomic E-state index is -0.485. The Labute approximate surface area is 136 Å². The molecule has 2 aromatic carbocycles. The molecule has 0 unspecified atom stereocenters. The van der Waals surface area contributed by atoms with E-state index in [1.165, 1.54) is 24.3 Å². The number of hydrogen-bond donors (Lipinski definition) is 0. The molecule has 0 fully saturated rings. The Morgan fingerprint density at radius 3 is 2.64 bits per heavy atom. The number of nitro benzene ring substituents is 1. The highest BCUT2D eigenvalue weighted by Gasteiger charge is 2.24. The molecule has 0 spiro atoms. The molecule has 7 heteroatoms. The number of carbonyl (C=O) groups excluding carboxylic acids is 1. The third-order valence-electron chi connectivity index (χ3n) is 3.35. The molecule has 3 rings (SSSR count). The van der Waals surface area contributed by atoms with E-state index >= 15 is 0 Å². The first-order valence-corrected chi connectivity index (χ1v) is 7.91. The molecule has 1 aliphatic rings. The number of thioether (sulfide) groups is 1. The van der Waals surface area contributed by atoms with Crippen LogP contribution in [0.1, 0.15) is 10.4 Å². The minimum absolute atomic E-state index is 0.0332. The molecule has 0 aliphatic carbocycles. The maximum absolute atomic E-state index is 12.7. The van der Waals surface area contributed by atoms with Crippen LogP contribution in [0.4, 0.5) is 11.4 Å². The van der Waals surface area contributed by atoms with E-state index < -0.39 is 4.92 Å². The lowest BCUT2D eigenvalue weighted by molar-refractivity contribution is -0.384. The Morgan fingerprint density at radius 1 is 1.23 bits per heavy atom. The molecule has 0 N–H and O–H groups in total.